The van der Waals surface area contributed by atoms with Gasteiger partial charge in [0.1, 0.15) is 5.75 Å². The number of carboxylic acids is 1. The number of ether oxygens (including phenoxy) is 1. The van der Waals surface area contributed by atoms with Gasteiger partial charge in [-0.2, -0.15) is 0 Å². The number of hydrogen-bond acceptors (Lipinski definition) is 3. The van der Waals surface area contributed by atoms with E-state index >= 15 is 0 Å². The third kappa shape index (κ3) is 4.65. The molecular formula is C10H11NaO3. The Kier molecular flexibility index (Phi) is 6.62. The Morgan fingerprint density at radius 1 is 1.50 bits per heavy atom. The molecule has 1 rings (SSSR count). The minimum Gasteiger partial charge on any atom is -0.550 e. The van der Waals surface area contributed by atoms with E-state index in [1.807, 2.05) is 24.3 Å². The van der Waals surface area contributed by atoms with Crippen LogP contribution >= 0.6 is 0 Å². The summed E-state index contributed by atoms with van der Waals surface area (Å²) in [6.45, 7) is 0. The summed E-state index contributed by atoms with van der Waals surface area (Å²) in [5, 5.41) is 10.2. The zero-order valence-corrected chi connectivity index (χ0v) is 10.4. The molecule has 4 heteroatoms. The van der Waals surface area contributed by atoms with Gasteiger partial charge in [-0.1, -0.05) is 12.1 Å². The zero-order chi connectivity index (χ0) is 9.68. The minimum atomic E-state index is -1.03. The first-order valence-corrected chi connectivity index (χ1v) is 4.05. The molecule has 0 radical (unpaired) electrons. The molecule has 0 bridgehead atoms. The predicted molar refractivity (Wildman–Crippen MR) is 46.3 cm³/mol. The Labute approximate surface area is 105 Å². The van der Waals surface area contributed by atoms with Crippen molar-refractivity contribution in [2.75, 3.05) is 7.11 Å². The summed E-state index contributed by atoms with van der Waals surface area (Å²) in [5.41, 5.74) is 0.948. The number of aliphatic carboxylic acids is 1. The molecule has 0 N–H and O–H groups in total. The van der Waals surface area contributed by atoms with E-state index < -0.39 is 5.97 Å². The predicted octanol–water partition coefficient (Wildman–Crippen LogP) is -2.62. The maximum atomic E-state index is 10.2. The van der Waals surface area contributed by atoms with Gasteiger partial charge >= 0.3 is 29.6 Å². The molecule has 0 aromatic heterocycles. The molecule has 0 atom stereocenters. The molecule has 70 valence electrons. The van der Waals surface area contributed by atoms with Gasteiger partial charge in [0.2, 0.25) is 0 Å². The van der Waals surface area contributed by atoms with Gasteiger partial charge in [-0.05, 0) is 30.5 Å². The first-order chi connectivity index (χ1) is 6.22. The van der Waals surface area contributed by atoms with Crippen LogP contribution in [0.25, 0.3) is 0 Å². The Hall–Kier alpha value is -0.510. The molecule has 0 unspecified atom stereocenters. The summed E-state index contributed by atoms with van der Waals surface area (Å²) in [5.74, 6) is -0.279. The standard InChI is InChI=1S/C10H12O3.Na/c1-13-9-4-2-3-8(7-9)5-6-10(11)12;/h2-4,7H,5-6H2,1H3,(H,11,12);/q;+1/p-1. The fraction of sp³-hybridized carbons (Fsp3) is 0.300. The van der Waals surface area contributed by atoms with Crippen LogP contribution in [0.4, 0.5) is 0 Å². The number of carbonyl (C=O) groups is 1. The fourth-order valence-electron chi connectivity index (χ4n) is 1.07. The van der Waals surface area contributed by atoms with Crippen LogP contribution in [0.1, 0.15) is 12.0 Å². The van der Waals surface area contributed by atoms with Gasteiger partial charge < -0.3 is 14.6 Å². The van der Waals surface area contributed by atoms with Gasteiger partial charge in [-0.3, -0.25) is 0 Å². The maximum Gasteiger partial charge on any atom is 1.00 e. The van der Waals surface area contributed by atoms with E-state index in [1.165, 1.54) is 0 Å². The summed E-state index contributed by atoms with van der Waals surface area (Å²) in [6.07, 6.45) is 0.534. The molecule has 0 aliphatic rings. The third-order valence-electron chi connectivity index (χ3n) is 1.75. The van der Waals surface area contributed by atoms with Crippen LogP contribution in [0, 0.1) is 0 Å². The quantitative estimate of drug-likeness (QED) is 0.502. The molecule has 0 aliphatic heterocycles. The fourth-order valence-corrected chi connectivity index (χ4v) is 1.07. The molecule has 0 fully saturated rings. The number of carbonyl (C=O) groups excluding carboxylic acids is 1. The molecule has 0 heterocycles. The molecule has 1 aromatic rings. The smallest absolute Gasteiger partial charge is 0.550 e. The zero-order valence-electron chi connectivity index (χ0n) is 8.45. The van der Waals surface area contributed by atoms with Gasteiger partial charge in [0.15, 0.2) is 0 Å². The second-order valence-corrected chi connectivity index (χ2v) is 2.72. The Morgan fingerprint density at radius 2 is 2.21 bits per heavy atom. The molecule has 0 spiro atoms. The van der Waals surface area contributed by atoms with Crippen LogP contribution in [0.5, 0.6) is 5.75 Å². The van der Waals surface area contributed by atoms with Crippen LogP contribution in [-0.2, 0) is 11.2 Å². The number of aryl methyl sites for hydroxylation is 1. The summed E-state index contributed by atoms with van der Waals surface area (Å²) in [7, 11) is 1.58. The largest absolute Gasteiger partial charge is 1.00 e. The molecule has 3 nitrogen and oxygen atoms in total. The third-order valence-corrected chi connectivity index (χ3v) is 1.75. The van der Waals surface area contributed by atoms with E-state index in [0.717, 1.165) is 11.3 Å². The summed E-state index contributed by atoms with van der Waals surface area (Å²) in [6, 6.07) is 7.35. The summed E-state index contributed by atoms with van der Waals surface area (Å²) >= 11 is 0. The van der Waals surface area contributed by atoms with Gasteiger partial charge in [0.25, 0.3) is 0 Å². The first-order valence-electron chi connectivity index (χ1n) is 4.05. The molecule has 0 saturated heterocycles. The van der Waals surface area contributed by atoms with E-state index in [-0.39, 0.29) is 36.0 Å². The van der Waals surface area contributed by atoms with Crippen molar-refractivity contribution in [3.63, 3.8) is 0 Å². The Morgan fingerprint density at radius 3 is 2.79 bits per heavy atom. The molecular weight excluding hydrogens is 191 g/mol. The monoisotopic (exact) mass is 202 g/mol. The van der Waals surface area contributed by atoms with E-state index in [9.17, 15) is 9.90 Å². The van der Waals surface area contributed by atoms with Crippen LogP contribution in [-0.4, -0.2) is 13.1 Å². The first kappa shape index (κ1) is 13.5. The number of methoxy groups -OCH3 is 1. The van der Waals surface area contributed by atoms with Crippen LogP contribution in [0.15, 0.2) is 24.3 Å². The van der Waals surface area contributed by atoms with Crippen molar-refractivity contribution in [2.45, 2.75) is 12.8 Å². The summed E-state index contributed by atoms with van der Waals surface area (Å²) < 4.78 is 5.00. The number of rotatable bonds is 4. The number of benzene rings is 1. The van der Waals surface area contributed by atoms with Crippen molar-refractivity contribution >= 4 is 5.97 Å². The molecule has 1 aromatic carbocycles. The number of carboxylic acid groups (broad SMARTS) is 1. The Bertz CT molecular complexity index is 299. The van der Waals surface area contributed by atoms with Crippen LogP contribution in [0.3, 0.4) is 0 Å². The van der Waals surface area contributed by atoms with Crippen molar-refractivity contribution in [3.8, 4) is 5.75 Å². The van der Waals surface area contributed by atoms with Gasteiger partial charge in [0.05, 0.1) is 7.11 Å². The van der Waals surface area contributed by atoms with Gasteiger partial charge in [0, 0.05) is 5.97 Å². The maximum absolute atomic E-state index is 10.2. The van der Waals surface area contributed by atoms with Crippen molar-refractivity contribution in [3.05, 3.63) is 29.8 Å². The van der Waals surface area contributed by atoms with E-state index in [1.54, 1.807) is 7.11 Å². The topological polar surface area (TPSA) is 49.4 Å². The van der Waals surface area contributed by atoms with Crippen molar-refractivity contribution in [2.24, 2.45) is 0 Å². The van der Waals surface area contributed by atoms with Crippen molar-refractivity contribution in [1.29, 1.82) is 0 Å². The van der Waals surface area contributed by atoms with Gasteiger partial charge in [-0.25, -0.2) is 0 Å². The van der Waals surface area contributed by atoms with Crippen LogP contribution in [0.2, 0.25) is 0 Å². The summed E-state index contributed by atoms with van der Waals surface area (Å²) in [4.78, 5) is 10.2. The minimum absolute atomic E-state index is 0. The van der Waals surface area contributed by atoms with E-state index in [0.29, 0.717) is 6.42 Å². The normalized spacial score (nSPS) is 8.93. The second-order valence-electron chi connectivity index (χ2n) is 2.72. The number of hydrogen-bond donors (Lipinski definition) is 0. The SMILES string of the molecule is COc1cccc(CCC(=O)[O-])c1.[Na+]. The Balaban J connectivity index is 0.00000169. The molecule has 14 heavy (non-hydrogen) atoms. The van der Waals surface area contributed by atoms with E-state index in [4.69, 9.17) is 4.74 Å². The molecule has 0 saturated carbocycles. The van der Waals surface area contributed by atoms with Crippen LogP contribution < -0.4 is 39.4 Å². The second kappa shape index (κ2) is 6.87. The average Bonchev–Trinajstić information content (AvgIpc) is 2.15. The van der Waals surface area contributed by atoms with Crippen molar-refractivity contribution < 1.29 is 44.2 Å². The molecule has 0 amide bonds. The molecule has 0 aliphatic carbocycles. The van der Waals surface area contributed by atoms with Gasteiger partial charge in [-0.15, -0.1) is 0 Å². The average molecular weight is 202 g/mol. The van der Waals surface area contributed by atoms with Crippen molar-refractivity contribution in [1.82, 2.24) is 0 Å². The van der Waals surface area contributed by atoms with E-state index in [2.05, 4.69) is 0 Å².